The van der Waals surface area contributed by atoms with Gasteiger partial charge in [0.1, 0.15) is 0 Å². The van der Waals surface area contributed by atoms with Crippen molar-refractivity contribution >= 4 is 38.4 Å². The summed E-state index contributed by atoms with van der Waals surface area (Å²) in [5.74, 6) is -0.720. The molecule has 1 atom stereocenters. The van der Waals surface area contributed by atoms with E-state index in [0.29, 0.717) is 31.7 Å². The number of carbonyl (C=O) groups excluding carboxylic acids is 2. The van der Waals surface area contributed by atoms with Gasteiger partial charge in [0, 0.05) is 55.4 Å². The standard InChI is InChI=1S/C25H30N4O4S/c1-3-28(4-2)34(32,33)21-11-9-20(10-12-21)29-17-19(15-24(29)30)25(31)26-14-13-18-16-27-23-8-6-5-7-22(18)23/h5-12,16,19,27H,3-4,13-15,17H2,1-2H3,(H,26,31)/t19-/m0/s1. The molecular formula is C25H30N4O4S. The van der Waals surface area contributed by atoms with Crippen LogP contribution in [0.2, 0.25) is 0 Å². The molecule has 1 saturated heterocycles. The van der Waals surface area contributed by atoms with E-state index in [4.69, 9.17) is 0 Å². The lowest BCUT2D eigenvalue weighted by molar-refractivity contribution is -0.126. The number of carbonyl (C=O) groups is 2. The third-order valence-electron chi connectivity index (χ3n) is 6.36. The molecule has 34 heavy (non-hydrogen) atoms. The third kappa shape index (κ3) is 4.71. The fourth-order valence-electron chi connectivity index (χ4n) is 4.45. The monoisotopic (exact) mass is 482 g/mol. The number of aromatic amines is 1. The van der Waals surface area contributed by atoms with Crippen LogP contribution in [-0.4, -0.2) is 55.7 Å². The zero-order chi connectivity index (χ0) is 24.3. The minimum atomic E-state index is -3.56. The largest absolute Gasteiger partial charge is 0.361 e. The number of nitrogens with one attached hydrogen (secondary N) is 2. The fourth-order valence-corrected chi connectivity index (χ4v) is 5.90. The summed E-state index contributed by atoms with van der Waals surface area (Å²) < 4.78 is 26.8. The SMILES string of the molecule is CCN(CC)S(=O)(=O)c1ccc(N2C[C@@H](C(=O)NCCc3c[nH]c4ccccc34)CC2=O)cc1. The molecule has 0 aliphatic carbocycles. The molecule has 0 unspecified atom stereocenters. The van der Waals surface area contributed by atoms with E-state index in [2.05, 4.69) is 16.4 Å². The van der Waals surface area contributed by atoms with Crippen molar-refractivity contribution < 1.29 is 18.0 Å². The number of benzene rings is 2. The van der Waals surface area contributed by atoms with E-state index in [-0.39, 0.29) is 29.7 Å². The molecule has 3 aromatic rings. The Kier molecular flexibility index (Phi) is 7.04. The number of fused-ring (bicyclic) bond motifs is 1. The highest BCUT2D eigenvalue weighted by molar-refractivity contribution is 7.89. The maximum absolute atomic E-state index is 12.7. The number of nitrogens with zero attached hydrogens (tertiary/aromatic N) is 2. The summed E-state index contributed by atoms with van der Waals surface area (Å²) in [6.07, 6.45) is 2.79. The molecule has 1 aromatic heterocycles. The summed E-state index contributed by atoms with van der Waals surface area (Å²) >= 11 is 0. The predicted molar refractivity (Wildman–Crippen MR) is 132 cm³/mol. The lowest BCUT2D eigenvalue weighted by Gasteiger charge is -2.20. The second-order valence-electron chi connectivity index (χ2n) is 8.39. The lowest BCUT2D eigenvalue weighted by Crippen LogP contribution is -2.34. The molecule has 0 spiro atoms. The van der Waals surface area contributed by atoms with Gasteiger partial charge in [0.15, 0.2) is 0 Å². The van der Waals surface area contributed by atoms with E-state index >= 15 is 0 Å². The second-order valence-corrected chi connectivity index (χ2v) is 10.3. The van der Waals surface area contributed by atoms with Crippen molar-refractivity contribution in [1.29, 1.82) is 0 Å². The molecule has 4 rings (SSSR count). The van der Waals surface area contributed by atoms with Crippen LogP contribution in [-0.2, 0) is 26.0 Å². The number of amides is 2. The summed E-state index contributed by atoms with van der Waals surface area (Å²) in [5, 5.41) is 4.10. The average molecular weight is 483 g/mol. The Bertz CT molecular complexity index is 1280. The van der Waals surface area contributed by atoms with Crippen molar-refractivity contribution in [1.82, 2.24) is 14.6 Å². The second kappa shape index (κ2) is 9.99. The molecule has 2 amide bonds. The van der Waals surface area contributed by atoms with Crippen molar-refractivity contribution in [2.75, 3.05) is 31.1 Å². The van der Waals surface area contributed by atoms with Crippen LogP contribution in [0, 0.1) is 5.92 Å². The van der Waals surface area contributed by atoms with E-state index in [1.807, 2.05) is 24.4 Å². The van der Waals surface area contributed by atoms with E-state index in [9.17, 15) is 18.0 Å². The number of sulfonamides is 1. The summed E-state index contributed by atoms with van der Waals surface area (Å²) in [5.41, 5.74) is 2.80. The quantitative estimate of drug-likeness (QED) is 0.490. The van der Waals surface area contributed by atoms with Gasteiger partial charge in [-0.1, -0.05) is 32.0 Å². The van der Waals surface area contributed by atoms with Gasteiger partial charge in [-0.05, 0) is 42.3 Å². The van der Waals surface area contributed by atoms with Crippen LogP contribution in [0.15, 0.2) is 59.6 Å². The first-order chi connectivity index (χ1) is 16.3. The van der Waals surface area contributed by atoms with Crippen molar-refractivity contribution in [2.45, 2.75) is 31.6 Å². The first-order valence-electron chi connectivity index (χ1n) is 11.6. The number of hydrogen-bond donors (Lipinski definition) is 2. The smallest absolute Gasteiger partial charge is 0.243 e. The number of para-hydroxylation sites is 1. The minimum absolute atomic E-state index is 0.137. The highest BCUT2D eigenvalue weighted by Gasteiger charge is 2.35. The normalized spacial score (nSPS) is 16.5. The predicted octanol–water partition coefficient (Wildman–Crippen LogP) is 2.91. The van der Waals surface area contributed by atoms with Gasteiger partial charge >= 0.3 is 0 Å². The number of H-pyrrole nitrogens is 1. The molecule has 2 heterocycles. The fraction of sp³-hybridized carbons (Fsp3) is 0.360. The highest BCUT2D eigenvalue weighted by atomic mass is 32.2. The van der Waals surface area contributed by atoms with Crippen LogP contribution in [0.5, 0.6) is 0 Å². The summed E-state index contributed by atoms with van der Waals surface area (Å²) in [7, 11) is -3.56. The van der Waals surface area contributed by atoms with Crippen LogP contribution in [0.3, 0.4) is 0 Å². The Labute approximate surface area is 200 Å². The van der Waals surface area contributed by atoms with Gasteiger partial charge in [-0.2, -0.15) is 4.31 Å². The average Bonchev–Trinajstić information content (AvgIpc) is 3.43. The van der Waals surface area contributed by atoms with Crippen LogP contribution in [0.1, 0.15) is 25.8 Å². The van der Waals surface area contributed by atoms with Gasteiger partial charge in [-0.15, -0.1) is 0 Å². The Hall–Kier alpha value is -3.17. The Morgan fingerprint density at radius 2 is 1.82 bits per heavy atom. The van der Waals surface area contributed by atoms with Crippen molar-refractivity contribution in [3.05, 3.63) is 60.3 Å². The maximum atomic E-state index is 12.7. The first-order valence-corrected chi connectivity index (χ1v) is 13.0. The number of hydrogen-bond acceptors (Lipinski definition) is 4. The van der Waals surface area contributed by atoms with E-state index in [1.165, 1.54) is 16.4 Å². The molecule has 2 N–H and O–H groups in total. The molecule has 8 nitrogen and oxygen atoms in total. The molecule has 180 valence electrons. The van der Waals surface area contributed by atoms with Crippen molar-refractivity contribution in [3.63, 3.8) is 0 Å². The Morgan fingerprint density at radius 3 is 2.53 bits per heavy atom. The molecule has 2 aromatic carbocycles. The van der Waals surface area contributed by atoms with Crippen LogP contribution < -0.4 is 10.2 Å². The molecule has 0 saturated carbocycles. The first kappa shape index (κ1) is 24.0. The van der Waals surface area contributed by atoms with E-state index in [1.54, 1.807) is 30.9 Å². The molecule has 1 aliphatic heterocycles. The molecule has 9 heteroatoms. The lowest BCUT2D eigenvalue weighted by atomic mass is 10.1. The van der Waals surface area contributed by atoms with Gasteiger partial charge in [0.05, 0.1) is 10.8 Å². The highest BCUT2D eigenvalue weighted by Crippen LogP contribution is 2.27. The molecule has 0 radical (unpaired) electrons. The van der Waals surface area contributed by atoms with Gasteiger partial charge in [0.2, 0.25) is 21.8 Å². The Morgan fingerprint density at radius 1 is 1.12 bits per heavy atom. The Balaban J connectivity index is 1.35. The molecule has 1 fully saturated rings. The zero-order valence-corrected chi connectivity index (χ0v) is 20.3. The van der Waals surface area contributed by atoms with Crippen LogP contribution in [0.4, 0.5) is 5.69 Å². The summed E-state index contributed by atoms with van der Waals surface area (Å²) in [6.45, 7) is 5.14. The summed E-state index contributed by atoms with van der Waals surface area (Å²) in [6, 6.07) is 14.3. The zero-order valence-electron chi connectivity index (χ0n) is 19.5. The van der Waals surface area contributed by atoms with E-state index < -0.39 is 15.9 Å². The molecular weight excluding hydrogens is 452 g/mol. The topological polar surface area (TPSA) is 103 Å². The molecule has 1 aliphatic rings. The number of rotatable bonds is 9. The van der Waals surface area contributed by atoms with Gasteiger partial charge < -0.3 is 15.2 Å². The van der Waals surface area contributed by atoms with Crippen LogP contribution in [0.25, 0.3) is 10.9 Å². The van der Waals surface area contributed by atoms with Crippen molar-refractivity contribution in [3.8, 4) is 0 Å². The van der Waals surface area contributed by atoms with Gasteiger partial charge in [0.25, 0.3) is 0 Å². The number of aromatic nitrogens is 1. The van der Waals surface area contributed by atoms with Gasteiger partial charge in [-0.3, -0.25) is 9.59 Å². The van der Waals surface area contributed by atoms with Crippen LogP contribution >= 0.6 is 0 Å². The van der Waals surface area contributed by atoms with Crippen molar-refractivity contribution in [2.24, 2.45) is 5.92 Å². The minimum Gasteiger partial charge on any atom is -0.361 e. The number of anilines is 1. The summed E-state index contributed by atoms with van der Waals surface area (Å²) in [4.78, 5) is 30.3. The van der Waals surface area contributed by atoms with E-state index in [0.717, 1.165) is 16.5 Å². The third-order valence-corrected chi connectivity index (χ3v) is 8.42. The van der Waals surface area contributed by atoms with Gasteiger partial charge in [-0.25, -0.2) is 8.42 Å². The molecule has 0 bridgehead atoms. The maximum Gasteiger partial charge on any atom is 0.243 e.